The summed E-state index contributed by atoms with van der Waals surface area (Å²) >= 11 is 0. The minimum atomic E-state index is -4.03. The summed E-state index contributed by atoms with van der Waals surface area (Å²) in [6.07, 6.45) is 1.27. The van der Waals surface area contributed by atoms with E-state index in [4.69, 9.17) is 4.55 Å². The summed E-state index contributed by atoms with van der Waals surface area (Å²) in [5, 5.41) is 0. The van der Waals surface area contributed by atoms with Gasteiger partial charge in [-0.3, -0.25) is 8.74 Å². The Balaban J connectivity index is 3.71. The lowest BCUT2D eigenvalue weighted by molar-refractivity contribution is 0.327. The van der Waals surface area contributed by atoms with Gasteiger partial charge in [0.15, 0.2) is 0 Å². The van der Waals surface area contributed by atoms with E-state index in [1.807, 2.05) is 0 Å². The quantitative estimate of drug-likeness (QED) is 0.399. The monoisotopic (exact) mass is 250 g/mol. The molecule has 0 aliphatic carbocycles. The third-order valence-electron chi connectivity index (χ3n) is 0.978. The Labute approximate surface area is 80.9 Å². The first kappa shape index (κ1) is 13.2. The van der Waals surface area contributed by atoms with Gasteiger partial charge >= 0.3 is 9.15 Å². The number of hydrogen-bond donors (Lipinski definition) is 1. The van der Waals surface area contributed by atoms with Crippen LogP contribution in [-0.4, -0.2) is 40.0 Å². The summed E-state index contributed by atoms with van der Waals surface area (Å²) < 4.78 is 54.2. The van der Waals surface area contributed by atoms with E-state index in [1.165, 1.54) is 6.26 Å². The van der Waals surface area contributed by atoms with Crippen LogP contribution in [-0.2, 0) is 23.5 Å². The summed E-state index contributed by atoms with van der Waals surface area (Å²) in [5.74, 6) is -0.503. The van der Waals surface area contributed by atoms with E-state index in [1.54, 1.807) is 0 Å². The summed E-state index contributed by atoms with van der Waals surface area (Å²) in [4.78, 5) is 0. The molecule has 6 nitrogen and oxygen atoms in total. The second-order valence-corrected chi connectivity index (χ2v) is 7.22. The molecule has 0 spiro atoms. The van der Waals surface area contributed by atoms with Gasteiger partial charge in [-0.05, 0) is 23.5 Å². The van der Waals surface area contributed by atoms with Crippen LogP contribution in [0.1, 0.15) is 6.42 Å². The Bertz CT molecular complexity index is 327. The molecule has 13 heavy (non-hydrogen) atoms. The van der Waals surface area contributed by atoms with E-state index < -0.39 is 25.0 Å². The summed E-state index contributed by atoms with van der Waals surface area (Å²) in [6.45, 7) is -0.247. The minimum Gasteiger partial charge on any atom is -0.286 e. The molecule has 0 aromatic rings. The molecule has 0 unspecified atom stereocenters. The Kier molecular flexibility index (Phi) is 5.22. The predicted octanol–water partition coefficient (Wildman–Crippen LogP) is -0.111. The van der Waals surface area contributed by atoms with E-state index in [0.717, 1.165) is 0 Å². The second-order valence-electron chi connectivity index (χ2n) is 2.04. The third kappa shape index (κ3) is 8.50. The summed E-state index contributed by atoms with van der Waals surface area (Å²) in [7, 11) is -7.10. The maximum atomic E-state index is 10.7. The molecule has 0 aliphatic rings. The molecule has 0 aromatic heterocycles. The molecule has 9 heteroatoms. The molecule has 0 aliphatic heterocycles. The zero-order valence-electron chi connectivity index (χ0n) is 6.83. The largest absolute Gasteiger partial charge is 0.321 e. The van der Waals surface area contributed by atoms with Gasteiger partial charge in [0, 0.05) is 0 Å². The van der Waals surface area contributed by atoms with Crippen LogP contribution in [0.5, 0.6) is 0 Å². The van der Waals surface area contributed by atoms with Gasteiger partial charge in [-0.2, -0.15) is 16.8 Å². The number of hydrogen-bond acceptors (Lipinski definition) is 6. The fourth-order valence-corrected chi connectivity index (χ4v) is 1.84. The van der Waals surface area contributed by atoms with Crippen molar-refractivity contribution >= 4 is 30.1 Å². The van der Waals surface area contributed by atoms with Crippen LogP contribution >= 0.6 is 10.8 Å². The topological polar surface area (TPSA) is 97.7 Å². The van der Waals surface area contributed by atoms with E-state index in [-0.39, 0.29) is 13.0 Å². The molecular formula is C4H10O6S3. The molecule has 0 radical (unpaired) electrons. The van der Waals surface area contributed by atoms with Crippen LogP contribution < -0.4 is 0 Å². The Morgan fingerprint density at radius 3 is 2.23 bits per heavy atom. The van der Waals surface area contributed by atoms with Crippen molar-refractivity contribution in [3.63, 3.8) is 0 Å². The van der Waals surface area contributed by atoms with Crippen LogP contribution in [0.3, 0.4) is 0 Å². The molecule has 0 atom stereocenters. The van der Waals surface area contributed by atoms with Crippen LogP contribution in [0.25, 0.3) is 0 Å². The van der Waals surface area contributed by atoms with Gasteiger partial charge in [0.05, 0.1) is 12.4 Å². The molecule has 0 bridgehead atoms. The first-order chi connectivity index (χ1) is 5.77. The zero-order valence-corrected chi connectivity index (χ0v) is 9.28. The van der Waals surface area contributed by atoms with Crippen molar-refractivity contribution in [3.05, 3.63) is 0 Å². The van der Waals surface area contributed by atoms with Crippen molar-refractivity contribution in [3.8, 4) is 0 Å². The fourth-order valence-electron chi connectivity index (χ4n) is 0.450. The summed E-state index contributed by atoms with van der Waals surface area (Å²) in [5.41, 5.74) is 0. The Hall–Kier alpha value is 0.170. The molecule has 0 fully saturated rings. The fraction of sp³-hybridized carbons (Fsp3) is 1.00. The smallest absolute Gasteiger partial charge is 0.286 e. The maximum absolute atomic E-state index is 10.7. The van der Waals surface area contributed by atoms with E-state index in [0.29, 0.717) is 10.8 Å². The van der Waals surface area contributed by atoms with Gasteiger partial charge in [-0.15, -0.1) is 0 Å². The number of rotatable bonds is 6. The van der Waals surface area contributed by atoms with Gasteiger partial charge in [-0.25, -0.2) is 0 Å². The lowest BCUT2D eigenvalue weighted by Crippen LogP contribution is -2.09. The van der Waals surface area contributed by atoms with Crippen molar-refractivity contribution in [2.24, 2.45) is 0 Å². The molecule has 1 N–H and O–H groups in total. The highest BCUT2D eigenvalue weighted by molar-refractivity contribution is 8.70. The van der Waals surface area contributed by atoms with Crippen molar-refractivity contribution in [1.29, 1.82) is 0 Å². The Morgan fingerprint density at radius 1 is 1.31 bits per heavy atom. The minimum absolute atomic E-state index is 0.0569. The molecule has 80 valence electrons. The molecule has 0 saturated heterocycles. The molecule has 0 aromatic carbocycles. The lowest BCUT2D eigenvalue weighted by atomic mass is 10.5. The van der Waals surface area contributed by atoms with Gasteiger partial charge in [0.2, 0.25) is 0 Å². The van der Waals surface area contributed by atoms with Crippen LogP contribution in [0.15, 0.2) is 0 Å². The predicted molar refractivity (Wildman–Crippen MR) is 49.4 cm³/mol. The van der Waals surface area contributed by atoms with Crippen molar-refractivity contribution in [1.82, 2.24) is 0 Å². The highest BCUT2D eigenvalue weighted by Crippen LogP contribution is 2.09. The normalized spacial score (nSPS) is 13.1. The van der Waals surface area contributed by atoms with Crippen molar-refractivity contribution in [2.45, 2.75) is 6.42 Å². The standard InChI is InChI=1S/C4H10O6S3/c1-11-13(8,9)10-3-2-4-12(5,6)7/h2-4H2,1H3,(H,5,6,7). The SMILES string of the molecule is CSS(=O)(=O)OCCCS(=O)(=O)O. The highest BCUT2D eigenvalue weighted by Gasteiger charge is 2.09. The van der Waals surface area contributed by atoms with Crippen molar-refractivity contribution in [2.75, 3.05) is 18.6 Å². The van der Waals surface area contributed by atoms with Gasteiger partial charge in [-0.1, -0.05) is 0 Å². The van der Waals surface area contributed by atoms with Crippen LogP contribution in [0.2, 0.25) is 0 Å². The average molecular weight is 250 g/mol. The van der Waals surface area contributed by atoms with E-state index >= 15 is 0 Å². The van der Waals surface area contributed by atoms with Crippen molar-refractivity contribution < 1.29 is 25.6 Å². The van der Waals surface area contributed by atoms with Crippen LogP contribution in [0.4, 0.5) is 0 Å². The van der Waals surface area contributed by atoms with E-state index in [9.17, 15) is 16.8 Å². The van der Waals surface area contributed by atoms with Gasteiger partial charge in [0.1, 0.15) is 0 Å². The van der Waals surface area contributed by atoms with Gasteiger partial charge < -0.3 is 0 Å². The van der Waals surface area contributed by atoms with Crippen LogP contribution in [0, 0.1) is 0 Å². The Morgan fingerprint density at radius 2 is 1.85 bits per heavy atom. The van der Waals surface area contributed by atoms with Gasteiger partial charge in [0.25, 0.3) is 10.1 Å². The first-order valence-electron chi connectivity index (χ1n) is 3.17. The first-order valence-corrected chi connectivity index (χ1v) is 7.93. The molecule has 0 rings (SSSR count). The lowest BCUT2D eigenvalue weighted by Gasteiger charge is -2.00. The molecular weight excluding hydrogens is 240 g/mol. The van der Waals surface area contributed by atoms with E-state index in [2.05, 4.69) is 4.18 Å². The second kappa shape index (κ2) is 5.15. The third-order valence-corrected chi connectivity index (χ3v) is 4.16. The zero-order chi connectivity index (χ0) is 10.5. The highest BCUT2D eigenvalue weighted by atomic mass is 33.1. The summed E-state index contributed by atoms with van der Waals surface area (Å²) in [6, 6.07) is 0. The molecule has 0 heterocycles. The average Bonchev–Trinajstić information content (AvgIpc) is 1.97. The maximum Gasteiger partial charge on any atom is 0.321 e. The molecule has 0 amide bonds. The molecule has 0 saturated carbocycles.